The number of fused-ring (bicyclic) bond motifs is 1. The van der Waals surface area contributed by atoms with Crippen molar-refractivity contribution in [2.75, 3.05) is 26.3 Å². The number of nitrogens with zero attached hydrogens (tertiary/aromatic N) is 1. The van der Waals surface area contributed by atoms with Gasteiger partial charge in [-0.2, -0.15) is 0 Å². The molecule has 146 valence electrons. The summed E-state index contributed by atoms with van der Waals surface area (Å²) in [7, 11) is -2.32. The summed E-state index contributed by atoms with van der Waals surface area (Å²) in [4.78, 5) is 0. The zero-order valence-electron chi connectivity index (χ0n) is 17.1. The van der Waals surface area contributed by atoms with Crippen molar-refractivity contribution >= 4 is 8.72 Å². The van der Waals surface area contributed by atoms with Crippen LogP contribution in [0.5, 0.6) is 0 Å². The van der Waals surface area contributed by atoms with Gasteiger partial charge >= 0.3 is 8.72 Å². The number of hydrogen-bond acceptors (Lipinski definition) is 3. The molecular formula is C21H41NO2Si. The van der Waals surface area contributed by atoms with Crippen LogP contribution >= 0.6 is 0 Å². The van der Waals surface area contributed by atoms with E-state index in [-0.39, 0.29) is 0 Å². The quantitative estimate of drug-likeness (QED) is 0.592. The van der Waals surface area contributed by atoms with Crippen molar-refractivity contribution in [3.8, 4) is 0 Å². The maximum Gasteiger partial charge on any atom is 0.431 e. The SMILES string of the molecule is CCO[Si](OCC)(C1CCC2CCCCC2C1)N1CC(C)CC(C)C1. The summed E-state index contributed by atoms with van der Waals surface area (Å²) < 4.78 is 16.1. The molecular weight excluding hydrogens is 326 g/mol. The highest BCUT2D eigenvalue weighted by molar-refractivity contribution is 6.66. The first-order chi connectivity index (χ1) is 12.1. The van der Waals surface area contributed by atoms with Crippen molar-refractivity contribution in [3.05, 3.63) is 0 Å². The normalized spacial score (nSPS) is 37.7. The van der Waals surface area contributed by atoms with Crippen molar-refractivity contribution < 1.29 is 8.85 Å². The van der Waals surface area contributed by atoms with Crippen LogP contribution < -0.4 is 0 Å². The molecule has 0 amide bonds. The Hall–Kier alpha value is 0.0969. The van der Waals surface area contributed by atoms with Gasteiger partial charge in [0.25, 0.3) is 0 Å². The van der Waals surface area contributed by atoms with E-state index in [1.54, 1.807) is 0 Å². The predicted molar refractivity (Wildman–Crippen MR) is 107 cm³/mol. The molecule has 0 aromatic rings. The van der Waals surface area contributed by atoms with Gasteiger partial charge in [0.1, 0.15) is 0 Å². The molecule has 0 radical (unpaired) electrons. The molecule has 1 aliphatic heterocycles. The van der Waals surface area contributed by atoms with Gasteiger partial charge in [-0.25, -0.2) is 0 Å². The van der Waals surface area contributed by atoms with E-state index >= 15 is 0 Å². The molecule has 2 saturated carbocycles. The van der Waals surface area contributed by atoms with Crippen molar-refractivity contribution in [2.24, 2.45) is 23.7 Å². The first-order valence-corrected chi connectivity index (χ1v) is 13.0. The van der Waals surface area contributed by atoms with E-state index in [0.29, 0.717) is 5.54 Å². The van der Waals surface area contributed by atoms with Crippen LogP contribution in [-0.2, 0) is 8.85 Å². The number of rotatable bonds is 6. The standard InChI is InChI=1S/C21H41NO2Si/c1-5-23-25(24-6-2,22-15-17(3)13-18(4)16-22)21-12-11-19-9-7-8-10-20(19)14-21/h17-21H,5-16H2,1-4H3. The third kappa shape index (κ3) is 4.34. The van der Waals surface area contributed by atoms with Gasteiger partial charge in [0.05, 0.1) is 0 Å². The minimum absolute atomic E-state index is 0.671. The molecule has 3 rings (SSSR count). The summed E-state index contributed by atoms with van der Waals surface area (Å²) >= 11 is 0. The van der Waals surface area contributed by atoms with E-state index < -0.39 is 8.72 Å². The lowest BCUT2D eigenvalue weighted by Gasteiger charge is -2.51. The number of piperidine rings is 1. The molecule has 3 nitrogen and oxygen atoms in total. The van der Waals surface area contributed by atoms with Crippen molar-refractivity contribution in [2.45, 2.75) is 84.6 Å². The van der Waals surface area contributed by atoms with Gasteiger partial charge in [0.15, 0.2) is 0 Å². The molecule has 3 aliphatic rings. The third-order valence-corrected chi connectivity index (χ3v) is 11.3. The van der Waals surface area contributed by atoms with E-state index in [1.165, 1.54) is 64.5 Å². The Labute approximate surface area is 157 Å². The Balaban J connectivity index is 1.82. The van der Waals surface area contributed by atoms with Gasteiger partial charge in [0, 0.05) is 18.8 Å². The highest BCUT2D eigenvalue weighted by atomic mass is 28.4. The molecule has 0 N–H and O–H groups in total. The Morgan fingerprint density at radius 1 is 0.800 bits per heavy atom. The zero-order valence-corrected chi connectivity index (χ0v) is 18.1. The lowest BCUT2D eigenvalue weighted by molar-refractivity contribution is 0.0601. The average Bonchev–Trinajstić information content (AvgIpc) is 2.60. The molecule has 1 saturated heterocycles. The summed E-state index contributed by atoms with van der Waals surface area (Å²) in [6, 6.07) is 0. The van der Waals surface area contributed by atoms with Crippen LogP contribution in [0.3, 0.4) is 0 Å². The van der Waals surface area contributed by atoms with Crippen LogP contribution in [0.2, 0.25) is 5.54 Å². The molecule has 25 heavy (non-hydrogen) atoms. The third-order valence-electron chi connectivity index (χ3n) is 7.07. The monoisotopic (exact) mass is 367 g/mol. The van der Waals surface area contributed by atoms with Gasteiger partial charge in [-0.1, -0.05) is 39.5 Å². The van der Waals surface area contributed by atoms with Crippen LogP contribution in [0.1, 0.15) is 79.1 Å². The van der Waals surface area contributed by atoms with Crippen LogP contribution in [0, 0.1) is 23.7 Å². The lowest BCUT2D eigenvalue weighted by Crippen LogP contribution is -2.65. The second-order valence-corrected chi connectivity index (χ2v) is 12.5. The Morgan fingerprint density at radius 3 is 2.00 bits per heavy atom. The molecule has 2 aliphatic carbocycles. The summed E-state index contributed by atoms with van der Waals surface area (Å²) in [5, 5.41) is 0. The van der Waals surface area contributed by atoms with E-state index in [1.807, 2.05) is 0 Å². The molecule has 5 atom stereocenters. The van der Waals surface area contributed by atoms with Crippen LogP contribution in [0.25, 0.3) is 0 Å². The Morgan fingerprint density at radius 2 is 1.40 bits per heavy atom. The van der Waals surface area contributed by atoms with E-state index in [0.717, 1.165) is 36.9 Å². The molecule has 0 aromatic carbocycles. The molecule has 0 spiro atoms. The Kier molecular flexibility index (Phi) is 7.03. The minimum Gasteiger partial charge on any atom is -0.383 e. The fourth-order valence-corrected chi connectivity index (χ4v) is 10.8. The smallest absolute Gasteiger partial charge is 0.383 e. The van der Waals surface area contributed by atoms with Gasteiger partial charge in [0.2, 0.25) is 0 Å². The second kappa shape index (κ2) is 8.86. The summed E-state index contributed by atoms with van der Waals surface area (Å²) in [6.45, 7) is 13.1. The largest absolute Gasteiger partial charge is 0.431 e. The topological polar surface area (TPSA) is 21.7 Å². The predicted octanol–water partition coefficient (Wildman–Crippen LogP) is 5.34. The maximum atomic E-state index is 6.67. The average molecular weight is 368 g/mol. The molecule has 0 aromatic heterocycles. The summed E-state index contributed by atoms with van der Waals surface area (Å²) in [6.07, 6.45) is 11.3. The van der Waals surface area contributed by atoms with Crippen LogP contribution in [0.4, 0.5) is 0 Å². The van der Waals surface area contributed by atoms with Crippen molar-refractivity contribution in [1.82, 2.24) is 4.57 Å². The second-order valence-electron chi connectivity index (χ2n) is 9.16. The summed E-state index contributed by atoms with van der Waals surface area (Å²) in [5.74, 6) is 3.48. The molecule has 5 unspecified atom stereocenters. The molecule has 1 heterocycles. The van der Waals surface area contributed by atoms with E-state index in [4.69, 9.17) is 8.85 Å². The fraction of sp³-hybridized carbons (Fsp3) is 1.00. The van der Waals surface area contributed by atoms with Crippen molar-refractivity contribution in [3.63, 3.8) is 0 Å². The van der Waals surface area contributed by atoms with Crippen LogP contribution in [0.15, 0.2) is 0 Å². The fourth-order valence-electron chi connectivity index (χ4n) is 6.25. The maximum absolute atomic E-state index is 6.67. The zero-order chi connectivity index (χ0) is 17.9. The van der Waals surface area contributed by atoms with Gasteiger partial charge in [-0.3, -0.25) is 4.57 Å². The molecule has 4 heteroatoms. The minimum atomic E-state index is -2.32. The van der Waals surface area contributed by atoms with E-state index in [2.05, 4.69) is 32.3 Å². The molecule has 3 fully saturated rings. The first kappa shape index (κ1) is 19.8. The molecule has 0 bridgehead atoms. The van der Waals surface area contributed by atoms with Crippen LogP contribution in [-0.4, -0.2) is 39.6 Å². The van der Waals surface area contributed by atoms with Crippen molar-refractivity contribution in [1.29, 1.82) is 0 Å². The lowest BCUT2D eigenvalue weighted by atomic mass is 9.71. The van der Waals surface area contributed by atoms with Gasteiger partial charge in [-0.05, 0) is 76.3 Å². The highest BCUT2D eigenvalue weighted by Gasteiger charge is 2.55. The van der Waals surface area contributed by atoms with Gasteiger partial charge < -0.3 is 8.85 Å². The summed E-state index contributed by atoms with van der Waals surface area (Å²) in [5.41, 5.74) is 0.671. The van der Waals surface area contributed by atoms with E-state index in [9.17, 15) is 0 Å². The Bertz CT molecular complexity index is 403. The van der Waals surface area contributed by atoms with Gasteiger partial charge in [-0.15, -0.1) is 0 Å². The first-order valence-electron chi connectivity index (χ1n) is 11.1. The highest BCUT2D eigenvalue weighted by Crippen LogP contribution is 2.50. The number of hydrogen-bond donors (Lipinski definition) is 0.